The number of thioether (sulfide) groups is 1. The van der Waals surface area contributed by atoms with Crippen molar-refractivity contribution in [1.29, 1.82) is 0 Å². The Morgan fingerprint density at radius 3 is 2.91 bits per heavy atom. The fourth-order valence-electron chi connectivity index (χ4n) is 2.74. The number of carbonyl (C=O) groups excluding carboxylic acids is 1. The lowest BCUT2D eigenvalue weighted by Crippen LogP contribution is -2.42. The van der Waals surface area contributed by atoms with Crippen molar-refractivity contribution in [2.24, 2.45) is 0 Å². The van der Waals surface area contributed by atoms with E-state index in [-0.39, 0.29) is 18.2 Å². The fourth-order valence-corrected chi connectivity index (χ4v) is 5.24. The van der Waals surface area contributed by atoms with Crippen LogP contribution in [0.4, 0.5) is 0 Å². The fraction of sp³-hybridized carbons (Fsp3) is 0.692. The number of H-pyrrole nitrogens is 1. The summed E-state index contributed by atoms with van der Waals surface area (Å²) in [5.41, 5.74) is 2.22. The molecule has 0 aliphatic carbocycles. The molecule has 0 unspecified atom stereocenters. The molecule has 0 bridgehead atoms. The molecule has 3 rings (SSSR count). The lowest BCUT2D eigenvalue weighted by Gasteiger charge is -2.25. The van der Waals surface area contributed by atoms with E-state index < -0.39 is 10.0 Å². The number of sulfonamides is 1. The third kappa shape index (κ3) is 3.87. The lowest BCUT2D eigenvalue weighted by atomic mass is 10.1. The Bertz CT molecular complexity index is 667. The number of aromatic nitrogens is 2. The van der Waals surface area contributed by atoms with E-state index in [4.69, 9.17) is 0 Å². The molecule has 10 heteroatoms. The van der Waals surface area contributed by atoms with Crippen LogP contribution in [-0.4, -0.2) is 72.3 Å². The third-order valence-electron chi connectivity index (χ3n) is 4.03. The van der Waals surface area contributed by atoms with Crippen LogP contribution in [-0.2, 0) is 23.0 Å². The summed E-state index contributed by atoms with van der Waals surface area (Å²) in [6.45, 7) is 2.68. The topological polar surface area (TPSA) is 107 Å². The van der Waals surface area contributed by atoms with E-state index in [2.05, 4.69) is 20.8 Å². The number of nitrogens with one attached hydrogen (secondary N) is 3. The third-order valence-corrected chi connectivity index (χ3v) is 6.84. The summed E-state index contributed by atoms with van der Waals surface area (Å²) < 4.78 is 25.9. The number of rotatable bonds is 5. The van der Waals surface area contributed by atoms with E-state index >= 15 is 0 Å². The first-order valence-electron chi connectivity index (χ1n) is 7.68. The van der Waals surface area contributed by atoms with Crippen LogP contribution in [0, 0.1) is 0 Å². The molecule has 8 nitrogen and oxygen atoms in total. The van der Waals surface area contributed by atoms with Gasteiger partial charge in [-0.15, -0.1) is 0 Å². The average Bonchev–Trinajstić information content (AvgIpc) is 2.99. The van der Waals surface area contributed by atoms with Gasteiger partial charge in [0.2, 0.25) is 10.0 Å². The van der Waals surface area contributed by atoms with Gasteiger partial charge in [0.05, 0.1) is 5.75 Å². The van der Waals surface area contributed by atoms with Gasteiger partial charge in [-0.3, -0.25) is 9.89 Å². The molecule has 1 saturated heterocycles. The predicted molar refractivity (Wildman–Crippen MR) is 89.0 cm³/mol. The van der Waals surface area contributed by atoms with E-state index in [0.29, 0.717) is 25.3 Å². The van der Waals surface area contributed by atoms with Crippen molar-refractivity contribution in [2.45, 2.75) is 13.0 Å². The largest absolute Gasteiger partial charge is 0.350 e. The molecule has 1 aromatic heterocycles. The van der Waals surface area contributed by atoms with Gasteiger partial charge in [0.15, 0.2) is 5.69 Å². The molecule has 0 spiro atoms. The van der Waals surface area contributed by atoms with Crippen molar-refractivity contribution in [2.75, 3.05) is 43.4 Å². The zero-order valence-electron chi connectivity index (χ0n) is 12.8. The summed E-state index contributed by atoms with van der Waals surface area (Å²) in [6.07, 6.45) is 0.816. The maximum Gasteiger partial charge on any atom is 0.272 e. The normalized spacial score (nSPS) is 19.3. The minimum absolute atomic E-state index is 0.0751. The average molecular weight is 359 g/mol. The van der Waals surface area contributed by atoms with E-state index in [1.165, 1.54) is 4.31 Å². The first-order valence-corrected chi connectivity index (χ1v) is 10.4. The second-order valence-electron chi connectivity index (χ2n) is 5.54. The molecule has 0 radical (unpaired) electrons. The molecular formula is C13H21N5O3S2. The molecule has 2 aliphatic rings. The highest BCUT2D eigenvalue weighted by Gasteiger charge is 2.25. The number of fused-ring (bicyclic) bond motifs is 1. The number of aromatic amines is 1. The van der Waals surface area contributed by atoms with Gasteiger partial charge < -0.3 is 10.6 Å². The van der Waals surface area contributed by atoms with Crippen LogP contribution >= 0.6 is 11.8 Å². The van der Waals surface area contributed by atoms with E-state index in [1.54, 1.807) is 11.8 Å². The van der Waals surface area contributed by atoms with Crippen molar-refractivity contribution >= 4 is 27.7 Å². The SMILES string of the molecule is O=C(NCCS(=O)(=O)N1CCSCC1)c1n[nH]c2c1CNCC2. The molecule has 3 heterocycles. The quantitative estimate of drug-likeness (QED) is 0.633. The van der Waals surface area contributed by atoms with Crippen molar-refractivity contribution in [3.05, 3.63) is 17.0 Å². The minimum Gasteiger partial charge on any atom is -0.350 e. The van der Waals surface area contributed by atoms with E-state index in [1.807, 2.05) is 0 Å². The summed E-state index contributed by atoms with van der Waals surface area (Å²) in [5.74, 6) is 1.26. The number of hydrogen-bond donors (Lipinski definition) is 3. The van der Waals surface area contributed by atoms with Crippen LogP contribution in [0.25, 0.3) is 0 Å². The molecular weight excluding hydrogens is 338 g/mol. The van der Waals surface area contributed by atoms with Crippen LogP contribution in [0.5, 0.6) is 0 Å². The maximum atomic E-state index is 12.2. The van der Waals surface area contributed by atoms with Crippen LogP contribution in [0.2, 0.25) is 0 Å². The van der Waals surface area contributed by atoms with Gasteiger partial charge in [0.25, 0.3) is 5.91 Å². The molecule has 0 saturated carbocycles. The zero-order chi connectivity index (χ0) is 16.3. The number of amides is 1. The summed E-state index contributed by atoms with van der Waals surface area (Å²) >= 11 is 1.76. The molecule has 1 amide bonds. The van der Waals surface area contributed by atoms with E-state index in [0.717, 1.165) is 35.7 Å². The number of hydrogen-bond acceptors (Lipinski definition) is 6. The van der Waals surface area contributed by atoms with E-state index in [9.17, 15) is 13.2 Å². The molecule has 23 heavy (non-hydrogen) atoms. The van der Waals surface area contributed by atoms with Gasteiger partial charge in [-0.05, 0) is 0 Å². The molecule has 3 N–H and O–H groups in total. The number of carbonyl (C=O) groups is 1. The maximum absolute atomic E-state index is 12.2. The molecule has 1 fully saturated rings. The Balaban J connectivity index is 1.54. The first-order chi connectivity index (χ1) is 11.1. The van der Waals surface area contributed by atoms with Gasteiger partial charge in [0, 0.05) is 61.9 Å². The Hall–Kier alpha value is -1.10. The van der Waals surface area contributed by atoms with Gasteiger partial charge in [-0.2, -0.15) is 16.9 Å². The Kier molecular flexibility index (Phi) is 5.24. The smallest absolute Gasteiger partial charge is 0.272 e. The minimum atomic E-state index is -3.30. The van der Waals surface area contributed by atoms with Crippen LogP contribution in [0.3, 0.4) is 0 Å². The van der Waals surface area contributed by atoms with Crippen molar-refractivity contribution < 1.29 is 13.2 Å². The Morgan fingerprint density at radius 1 is 1.35 bits per heavy atom. The van der Waals surface area contributed by atoms with Gasteiger partial charge in [0.1, 0.15) is 0 Å². The van der Waals surface area contributed by atoms with Crippen LogP contribution in [0.1, 0.15) is 21.7 Å². The Morgan fingerprint density at radius 2 is 2.13 bits per heavy atom. The summed E-state index contributed by atoms with van der Waals surface area (Å²) in [7, 11) is -3.30. The van der Waals surface area contributed by atoms with Crippen LogP contribution < -0.4 is 10.6 Å². The molecule has 1 aromatic rings. The molecule has 128 valence electrons. The lowest BCUT2D eigenvalue weighted by molar-refractivity contribution is 0.0950. The molecule has 2 aliphatic heterocycles. The summed E-state index contributed by atoms with van der Waals surface area (Å²) in [6, 6.07) is 0. The van der Waals surface area contributed by atoms with Gasteiger partial charge in [-0.1, -0.05) is 0 Å². The summed E-state index contributed by atoms with van der Waals surface area (Å²) in [4.78, 5) is 12.2. The van der Waals surface area contributed by atoms with Crippen LogP contribution in [0.15, 0.2) is 0 Å². The summed E-state index contributed by atoms with van der Waals surface area (Å²) in [5, 5.41) is 12.8. The Labute approximate surface area is 139 Å². The highest BCUT2D eigenvalue weighted by Crippen LogP contribution is 2.15. The molecule has 0 atom stereocenters. The van der Waals surface area contributed by atoms with Gasteiger partial charge in [-0.25, -0.2) is 12.7 Å². The second kappa shape index (κ2) is 7.20. The van der Waals surface area contributed by atoms with Gasteiger partial charge >= 0.3 is 0 Å². The number of nitrogens with zero attached hydrogens (tertiary/aromatic N) is 2. The standard InChI is InChI=1S/C13H21N5O3S2/c19-13(12-10-9-14-2-1-11(10)16-17-12)15-3-8-23(20,21)18-4-6-22-7-5-18/h14H,1-9H2,(H,15,19)(H,16,17). The zero-order valence-corrected chi connectivity index (χ0v) is 14.4. The van der Waals surface area contributed by atoms with Crippen molar-refractivity contribution in [3.8, 4) is 0 Å². The highest BCUT2D eigenvalue weighted by molar-refractivity contribution is 7.99. The predicted octanol–water partition coefficient (Wildman–Crippen LogP) is -0.836. The monoisotopic (exact) mass is 359 g/mol. The second-order valence-corrected chi connectivity index (χ2v) is 8.85. The van der Waals surface area contributed by atoms with Crippen molar-refractivity contribution in [3.63, 3.8) is 0 Å². The van der Waals surface area contributed by atoms with Crippen molar-refractivity contribution in [1.82, 2.24) is 25.1 Å². The highest BCUT2D eigenvalue weighted by atomic mass is 32.2. The molecule has 0 aromatic carbocycles. The first kappa shape index (κ1) is 16.7.